The quantitative estimate of drug-likeness (QED) is 0.713. The molecule has 1 N–H and O–H groups in total. The molecule has 1 aliphatic heterocycles. The van der Waals surface area contributed by atoms with Crippen molar-refractivity contribution in [3.05, 3.63) is 70.2 Å². The number of ketones is 1. The van der Waals surface area contributed by atoms with E-state index in [1.165, 1.54) is 11.3 Å². The summed E-state index contributed by atoms with van der Waals surface area (Å²) < 4.78 is 5.95. The molecule has 0 bridgehead atoms. The number of carbonyl (C=O) groups is 2. The van der Waals surface area contributed by atoms with Crippen LogP contribution in [0.15, 0.2) is 48.5 Å². The number of rotatable bonds is 2. The number of Topliss-reactive ketones (excluding diaryl/α,β-unsaturated/α-hetero) is 1. The van der Waals surface area contributed by atoms with E-state index in [9.17, 15) is 9.59 Å². The van der Waals surface area contributed by atoms with Gasteiger partial charge in [0.2, 0.25) is 5.91 Å². The number of benzene rings is 2. The molecular formula is C21H16N2O3S. The maximum absolute atomic E-state index is 13.2. The number of hydrogen-bond acceptors (Lipinski definition) is 5. The van der Waals surface area contributed by atoms with Gasteiger partial charge in [-0.2, -0.15) is 0 Å². The zero-order valence-corrected chi connectivity index (χ0v) is 15.2. The fraction of sp³-hybridized carbons (Fsp3) is 0.190. The Morgan fingerprint density at radius 3 is 2.37 bits per heavy atom. The van der Waals surface area contributed by atoms with Crippen LogP contribution in [0.3, 0.4) is 0 Å². The molecule has 5 nitrogen and oxygen atoms in total. The fourth-order valence-corrected chi connectivity index (χ4v) is 4.67. The number of nitrogens with zero attached hydrogens (tertiary/aromatic N) is 1. The number of aryl methyl sites for hydroxylation is 1. The van der Waals surface area contributed by atoms with Crippen LogP contribution in [0.4, 0.5) is 5.13 Å². The molecule has 0 saturated carbocycles. The van der Waals surface area contributed by atoms with Gasteiger partial charge in [0.1, 0.15) is 11.5 Å². The zero-order valence-electron chi connectivity index (χ0n) is 14.4. The number of amides is 1. The molecule has 1 aliphatic carbocycles. The van der Waals surface area contributed by atoms with Gasteiger partial charge in [-0.25, -0.2) is 4.98 Å². The number of thiazole rings is 1. The summed E-state index contributed by atoms with van der Waals surface area (Å²) in [5, 5.41) is 3.42. The molecule has 2 heterocycles. The number of carbonyl (C=O) groups excluding carboxylic acids is 2. The second-order valence-corrected chi connectivity index (χ2v) is 7.67. The van der Waals surface area contributed by atoms with E-state index in [1.54, 1.807) is 0 Å². The lowest BCUT2D eigenvalue weighted by Gasteiger charge is -2.27. The first-order valence-electron chi connectivity index (χ1n) is 8.90. The first kappa shape index (κ1) is 16.2. The smallest absolute Gasteiger partial charge is 0.238 e. The summed E-state index contributed by atoms with van der Waals surface area (Å²) in [5.41, 5.74) is 2.46. The SMILES string of the molecule is O=C1CCCc2nc(NC(=O)C3c4ccccc4Oc4ccccc43)sc21. The predicted octanol–water partition coefficient (Wildman–Crippen LogP) is 4.54. The van der Waals surface area contributed by atoms with E-state index in [-0.39, 0.29) is 11.7 Å². The number of hydrogen-bond donors (Lipinski definition) is 1. The van der Waals surface area contributed by atoms with E-state index < -0.39 is 5.92 Å². The van der Waals surface area contributed by atoms with Crippen LogP contribution in [-0.2, 0) is 11.2 Å². The Labute approximate surface area is 160 Å². The van der Waals surface area contributed by atoms with Crippen molar-refractivity contribution in [1.29, 1.82) is 0 Å². The minimum atomic E-state index is -0.484. The van der Waals surface area contributed by atoms with Gasteiger partial charge in [0.15, 0.2) is 10.9 Å². The summed E-state index contributed by atoms with van der Waals surface area (Å²) in [4.78, 5) is 30.4. The van der Waals surface area contributed by atoms with Gasteiger partial charge < -0.3 is 10.1 Å². The Bertz CT molecular complexity index is 1030. The number of nitrogens with one attached hydrogen (secondary N) is 1. The topological polar surface area (TPSA) is 68.3 Å². The minimum absolute atomic E-state index is 0.121. The van der Waals surface area contributed by atoms with E-state index >= 15 is 0 Å². The molecular weight excluding hydrogens is 360 g/mol. The second-order valence-electron chi connectivity index (χ2n) is 6.67. The predicted molar refractivity (Wildman–Crippen MR) is 103 cm³/mol. The lowest BCUT2D eigenvalue weighted by molar-refractivity contribution is -0.116. The van der Waals surface area contributed by atoms with E-state index in [2.05, 4.69) is 10.3 Å². The third-order valence-corrected chi connectivity index (χ3v) is 5.99. The summed E-state index contributed by atoms with van der Waals surface area (Å²) in [6.45, 7) is 0. The van der Waals surface area contributed by atoms with Crippen LogP contribution in [0.2, 0.25) is 0 Å². The second kappa shape index (κ2) is 6.32. The molecule has 0 atom stereocenters. The van der Waals surface area contributed by atoms with Crippen molar-refractivity contribution in [2.45, 2.75) is 25.2 Å². The van der Waals surface area contributed by atoms with Crippen LogP contribution in [0.25, 0.3) is 0 Å². The molecule has 0 saturated heterocycles. The molecule has 0 radical (unpaired) electrons. The van der Waals surface area contributed by atoms with Crippen molar-refractivity contribution in [3.8, 4) is 11.5 Å². The molecule has 3 aromatic rings. The Morgan fingerprint density at radius 1 is 1.04 bits per heavy atom. The van der Waals surface area contributed by atoms with E-state index in [0.717, 1.165) is 29.7 Å². The third kappa shape index (κ3) is 2.73. The van der Waals surface area contributed by atoms with Gasteiger partial charge in [-0.05, 0) is 25.0 Å². The largest absolute Gasteiger partial charge is 0.457 e. The molecule has 2 aliphatic rings. The maximum Gasteiger partial charge on any atom is 0.238 e. The van der Waals surface area contributed by atoms with Crippen molar-refractivity contribution < 1.29 is 14.3 Å². The average Bonchev–Trinajstić information content (AvgIpc) is 3.09. The third-order valence-electron chi connectivity index (χ3n) is 4.94. The Morgan fingerprint density at radius 2 is 1.70 bits per heavy atom. The Kier molecular flexibility index (Phi) is 3.79. The lowest BCUT2D eigenvalue weighted by atomic mass is 9.87. The molecule has 134 valence electrons. The number of aromatic nitrogens is 1. The summed E-state index contributed by atoms with van der Waals surface area (Å²) in [5.74, 6) is 0.838. The standard InChI is InChI=1S/C21H16N2O3S/c24-15-9-5-8-14-19(15)27-21(22-14)23-20(25)18-12-6-1-3-10-16(12)26-17-11-4-2-7-13(17)18/h1-4,6-7,10-11,18H,5,8-9H2,(H,22,23,25). The molecule has 0 unspecified atom stereocenters. The van der Waals surface area contributed by atoms with Crippen LogP contribution in [-0.4, -0.2) is 16.7 Å². The van der Waals surface area contributed by atoms with Crippen LogP contribution in [0.5, 0.6) is 11.5 Å². The van der Waals surface area contributed by atoms with Gasteiger partial charge in [-0.15, -0.1) is 0 Å². The lowest BCUT2D eigenvalue weighted by Crippen LogP contribution is -2.25. The summed E-state index contributed by atoms with van der Waals surface area (Å²) in [6, 6.07) is 15.1. The summed E-state index contributed by atoms with van der Waals surface area (Å²) >= 11 is 1.27. The van der Waals surface area contributed by atoms with Gasteiger partial charge >= 0.3 is 0 Å². The molecule has 1 aromatic heterocycles. The zero-order chi connectivity index (χ0) is 18.4. The molecule has 1 amide bonds. The molecule has 27 heavy (non-hydrogen) atoms. The number of anilines is 1. The highest BCUT2D eigenvalue weighted by atomic mass is 32.1. The van der Waals surface area contributed by atoms with Gasteiger partial charge in [0, 0.05) is 17.5 Å². The van der Waals surface area contributed by atoms with E-state index in [0.29, 0.717) is 27.9 Å². The van der Waals surface area contributed by atoms with Gasteiger partial charge in [-0.1, -0.05) is 47.7 Å². The van der Waals surface area contributed by atoms with Crippen molar-refractivity contribution >= 4 is 28.2 Å². The van der Waals surface area contributed by atoms with E-state index in [1.807, 2.05) is 48.5 Å². The van der Waals surface area contributed by atoms with E-state index in [4.69, 9.17) is 4.74 Å². The van der Waals surface area contributed by atoms with Crippen LogP contribution in [0.1, 0.15) is 45.3 Å². The summed E-state index contributed by atoms with van der Waals surface area (Å²) in [7, 11) is 0. The number of para-hydroxylation sites is 2. The normalized spacial score (nSPS) is 15.3. The van der Waals surface area contributed by atoms with Gasteiger partial charge in [0.05, 0.1) is 16.5 Å². The highest BCUT2D eigenvalue weighted by Gasteiger charge is 2.33. The number of fused-ring (bicyclic) bond motifs is 3. The highest BCUT2D eigenvalue weighted by Crippen LogP contribution is 2.44. The first-order chi connectivity index (χ1) is 13.2. The molecule has 0 spiro atoms. The van der Waals surface area contributed by atoms with Crippen molar-refractivity contribution in [1.82, 2.24) is 4.98 Å². The number of ether oxygens (including phenoxy) is 1. The van der Waals surface area contributed by atoms with Crippen molar-refractivity contribution in [3.63, 3.8) is 0 Å². The van der Waals surface area contributed by atoms with Crippen molar-refractivity contribution in [2.75, 3.05) is 5.32 Å². The fourth-order valence-electron chi connectivity index (χ4n) is 3.69. The maximum atomic E-state index is 13.2. The molecule has 0 fully saturated rings. The monoisotopic (exact) mass is 376 g/mol. The van der Waals surface area contributed by atoms with Crippen LogP contribution < -0.4 is 10.1 Å². The van der Waals surface area contributed by atoms with Crippen LogP contribution >= 0.6 is 11.3 Å². The summed E-state index contributed by atoms with van der Waals surface area (Å²) in [6.07, 6.45) is 2.17. The van der Waals surface area contributed by atoms with Crippen LogP contribution in [0, 0.1) is 0 Å². The van der Waals surface area contributed by atoms with Gasteiger partial charge in [-0.3, -0.25) is 9.59 Å². The minimum Gasteiger partial charge on any atom is -0.457 e. The molecule has 5 rings (SSSR count). The average molecular weight is 376 g/mol. The Balaban J connectivity index is 1.51. The van der Waals surface area contributed by atoms with Crippen molar-refractivity contribution in [2.24, 2.45) is 0 Å². The molecule has 6 heteroatoms. The highest BCUT2D eigenvalue weighted by molar-refractivity contribution is 7.17. The Hall–Kier alpha value is -2.99. The van der Waals surface area contributed by atoms with Gasteiger partial charge in [0.25, 0.3) is 0 Å². The molecule has 2 aromatic carbocycles. The first-order valence-corrected chi connectivity index (χ1v) is 9.72.